The molecule has 0 bridgehead atoms. The Morgan fingerprint density at radius 1 is 0.967 bits per heavy atom. The smallest absolute Gasteiger partial charge is 0.344 e. The summed E-state index contributed by atoms with van der Waals surface area (Å²) in [5, 5.41) is 11.3. The van der Waals surface area contributed by atoms with E-state index in [4.69, 9.17) is 14.2 Å². The molecule has 1 N–H and O–H groups in total. The summed E-state index contributed by atoms with van der Waals surface area (Å²) in [5.41, 5.74) is -6.71. The first-order valence-electron chi connectivity index (χ1n) is 9.34. The highest BCUT2D eigenvalue weighted by Gasteiger charge is 2.86. The second kappa shape index (κ2) is 6.07. The molecule has 2 heterocycles. The van der Waals surface area contributed by atoms with E-state index in [2.05, 4.69) is 0 Å². The van der Waals surface area contributed by atoms with E-state index in [9.17, 15) is 24.3 Å². The van der Waals surface area contributed by atoms with Gasteiger partial charge in [-0.15, -0.1) is 0 Å². The fourth-order valence-corrected chi connectivity index (χ4v) is 4.57. The minimum atomic E-state index is -2.53. The van der Waals surface area contributed by atoms with E-state index in [1.807, 2.05) is 0 Å². The summed E-state index contributed by atoms with van der Waals surface area (Å²) in [6.45, 7) is -0.828. The van der Waals surface area contributed by atoms with Gasteiger partial charge in [0.2, 0.25) is 22.8 Å². The largest absolute Gasteiger partial charge is 0.459 e. The van der Waals surface area contributed by atoms with Crippen molar-refractivity contribution in [3.05, 3.63) is 71.3 Å². The van der Waals surface area contributed by atoms with Crippen molar-refractivity contribution in [2.75, 3.05) is 6.61 Å². The van der Waals surface area contributed by atoms with Crippen molar-refractivity contribution >= 4 is 23.5 Å². The lowest BCUT2D eigenvalue weighted by molar-refractivity contribution is -0.179. The normalized spacial score (nSPS) is 31.6. The summed E-state index contributed by atoms with van der Waals surface area (Å²) in [6.07, 6.45) is -0.649. The van der Waals surface area contributed by atoms with Gasteiger partial charge in [0.05, 0.1) is 13.0 Å². The molecule has 1 aliphatic carbocycles. The van der Waals surface area contributed by atoms with Crippen LogP contribution in [0.5, 0.6) is 0 Å². The zero-order chi connectivity index (χ0) is 21.1. The highest BCUT2D eigenvalue weighted by atomic mass is 16.7. The molecule has 2 aromatic rings. The third-order valence-electron chi connectivity index (χ3n) is 5.99. The summed E-state index contributed by atoms with van der Waals surface area (Å²) in [6, 6.07) is 14.6. The molecular weight excluding hydrogens is 392 g/mol. The highest BCUT2D eigenvalue weighted by molar-refractivity contribution is 6.26. The summed E-state index contributed by atoms with van der Waals surface area (Å²) >= 11 is 0. The van der Waals surface area contributed by atoms with Crippen LogP contribution < -0.4 is 0 Å². The summed E-state index contributed by atoms with van der Waals surface area (Å²) in [5.74, 6) is -3.69. The average molecular weight is 408 g/mol. The molecule has 3 aliphatic rings. The monoisotopic (exact) mass is 408 g/mol. The Hall–Kier alpha value is -3.36. The quantitative estimate of drug-likeness (QED) is 0.748. The summed E-state index contributed by atoms with van der Waals surface area (Å²) in [7, 11) is 0. The van der Waals surface area contributed by atoms with Crippen LogP contribution >= 0.6 is 0 Å². The fourth-order valence-electron chi connectivity index (χ4n) is 4.57. The number of fused-ring (bicyclic) bond motifs is 1. The number of rotatable bonds is 3. The van der Waals surface area contributed by atoms with Crippen LogP contribution in [0.2, 0.25) is 0 Å². The minimum Gasteiger partial charge on any atom is -0.459 e. The Bertz CT molecular complexity index is 1110. The summed E-state index contributed by atoms with van der Waals surface area (Å²) in [4.78, 5) is 52.1. The third-order valence-corrected chi connectivity index (χ3v) is 5.99. The van der Waals surface area contributed by atoms with Gasteiger partial charge in [-0.1, -0.05) is 54.6 Å². The number of hydrogen-bond donors (Lipinski definition) is 1. The van der Waals surface area contributed by atoms with E-state index in [-0.39, 0.29) is 17.7 Å². The lowest BCUT2D eigenvalue weighted by Crippen LogP contribution is -2.72. The van der Waals surface area contributed by atoms with Gasteiger partial charge in [-0.3, -0.25) is 14.4 Å². The van der Waals surface area contributed by atoms with Crippen LogP contribution in [0.3, 0.4) is 0 Å². The molecule has 5 rings (SSSR count). The number of carbonyl (C=O) groups is 4. The van der Waals surface area contributed by atoms with Crippen molar-refractivity contribution in [1.29, 1.82) is 0 Å². The number of Topliss-reactive ketones (excluding diaryl/α,β-unsaturated/α-hetero) is 2. The lowest BCUT2D eigenvalue weighted by Gasteiger charge is -2.42. The standard InChI is InChI=1S/C22H16O8/c23-16-10-21(19(26)28-11-13-6-2-1-3-7-13)22(30-16)18(25)15-9-5-4-8-14(15)17(24)20(22,27)12-29-21/h1-9,27H,10-12H2/t20-,21-,22+/m1/s1. The van der Waals surface area contributed by atoms with Gasteiger partial charge in [0.1, 0.15) is 6.61 Å². The summed E-state index contributed by atoms with van der Waals surface area (Å²) < 4.78 is 16.3. The first-order valence-corrected chi connectivity index (χ1v) is 9.34. The molecule has 2 aliphatic heterocycles. The Morgan fingerprint density at radius 3 is 2.30 bits per heavy atom. The van der Waals surface area contributed by atoms with E-state index < -0.39 is 53.3 Å². The number of hydrogen-bond acceptors (Lipinski definition) is 8. The van der Waals surface area contributed by atoms with E-state index >= 15 is 0 Å². The van der Waals surface area contributed by atoms with E-state index in [0.717, 1.165) is 0 Å². The lowest BCUT2D eigenvalue weighted by atomic mass is 9.62. The van der Waals surface area contributed by atoms with Crippen molar-refractivity contribution < 1.29 is 38.5 Å². The van der Waals surface area contributed by atoms with E-state index in [0.29, 0.717) is 5.56 Å². The molecule has 0 amide bonds. The SMILES string of the molecule is O=C1C[C@]2(C(=O)OCc3ccccc3)OC[C@@]3(O)C(=O)c4ccccc4C(=O)[C@]32O1. The maximum Gasteiger partial charge on any atom is 0.344 e. The molecular formula is C22H16O8. The number of ketones is 2. The van der Waals surface area contributed by atoms with Gasteiger partial charge in [-0.25, -0.2) is 4.79 Å². The molecule has 8 nitrogen and oxygen atoms in total. The van der Waals surface area contributed by atoms with Crippen LogP contribution in [0.1, 0.15) is 32.7 Å². The molecule has 30 heavy (non-hydrogen) atoms. The molecule has 0 aromatic heterocycles. The Balaban J connectivity index is 1.61. The first kappa shape index (κ1) is 18.7. The predicted octanol–water partition coefficient (Wildman–Crippen LogP) is 0.995. The predicted molar refractivity (Wildman–Crippen MR) is 98.4 cm³/mol. The number of esters is 2. The zero-order valence-corrected chi connectivity index (χ0v) is 15.6. The first-order chi connectivity index (χ1) is 14.4. The van der Waals surface area contributed by atoms with Crippen molar-refractivity contribution in [1.82, 2.24) is 0 Å². The third kappa shape index (κ3) is 2.07. The molecule has 2 fully saturated rings. The van der Waals surface area contributed by atoms with Crippen molar-refractivity contribution in [3.63, 3.8) is 0 Å². The van der Waals surface area contributed by atoms with Gasteiger partial charge in [-0.2, -0.15) is 0 Å². The van der Waals surface area contributed by atoms with Gasteiger partial charge < -0.3 is 19.3 Å². The maximum atomic E-state index is 13.5. The van der Waals surface area contributed by atoms with Gasteiger partial charge in [0.15, 0.2) is 0 Å². The van der Waals surface area contributed by atoms with Gasteiger partial charge in [0.25, 0.3) is 5.60 Å². The van der Waals surface area contributed by atoms with Crippen LogP contribution in [0.25, 0.3) is 0 Å². The highest BCUT2D eigenvalue weighted by Crippen LogP contribution is 2.57. The molecule has 0 saturated carbocycles. The molecule has 0 unspecified atom stereocenters. The van der Waals surface area contributed by atoms with Crippen LogP contribution in [0, 0.1) is 0 Å². The second-order valence-corrected chi connectivity index (χ2v) is 7.57. The van der Waals surface area contributed by atoms with Gasteiger partial charge >= 0.3 is 11.9 Å². The zero-order valence-electron chi connectivity index (χ0n) is 15.6. The molecule has 8 heteroatoms. The van der Waals surface area contributed by atoms with Crippen LogP contribution in [-0.4, -0.2) is 52.0 Å². The van der Waals surface area contributed by atoms with Crippen LogP contribution in [0.4, 0.5) is 0 Å². The molecule has 2 saturated heterocycles. The van der Waals surface area contributed by atoms with E-state index in [1.165, 1.54) is 18.2 Å². The van der Waals surface area contributed by atoms with Crippen LogP contribution in [-0.2, 0) is 30.4 Å². The minimum absolute atomic E-state index is 0.0179. The Kier molecular flexibility index (Phi) is 3.77. The number of benzene rings is 2. The topological polar surface area (TPSA) is 116 Å². The Labute approximate surface area is 170 Å². The molecule has 3 atom stereocenters. The van der Waals surface area contributed by atoms with Crippen LogP contribution in [0.15, 0.2) is 54.6 Å². The number of carbonyl (C=O) groups excluding carboxylic acids is 4. The molecule has 152 valence electrons. The maximum absolute atomic E-state index is 13.5. The Morgan fingerprint density at radius 2 is 1.60 bits per heavy atom. The van der Waals surface area contributed by atoms with Crippen molar-refractivity contribution in [2.24, 2.45) is 0 Å². The molecule has 0 radical (unpaired) electrons. The van der Waals surface area contributed by atoms with Gasteiger partial charge in [0, 0.05) is 11.1 Å². The number of ether oxygens (including phenoxy) is 3. The van der Waals surface area contributed by atoms with Crippen molar-refractivity contribution in [2.45, 2.75) is 29.8 Å². The second-order valence-electron chi connectivity index (χ2n) is 7.57. The number of aliphatic hydroxyl groups is 1. The van der Waals surface area contributed by atoms with E-state index in [1.54, 1.807) is 36.4 Å². The molecule has 2 aromatic carbocycles. The molecule has 1 spiro atoms. The average Bonchev–Trinajstić information content (AvgIpc) is 3.21. The fraction of sp³-hybridized carbons (Fsp3) is 0.273. The van der Waals surface area contributed by atoms with Gasteiger partial charge in [-0.05, 0) is 5.56 Å². The van der Waals surface area contributed by atoms with Crippen molar-refractivity contribution in [3.8, 4) is 0 Å².